The molecule has 0 saturated heterocycles. The number of hydrogen-bond acceptors (Lipinski definition) is 5. The first-order chi connectivity index (χ1) is 17.9. The van der Waals surface area contributed by atoms with E-state index in [0.717, 1.165) is 11.1 Å². The summed E-state index contributed by atoms with van der Waals surface area (Å²) in [5.74, 6) is -2.09. The summed E-state index contributed by atoms with van der Waals surface area (Å²) in [6, 6.07) is 18.0. The highest BCUT2D eigenvalue weighted by Gasteiger charge is 2.26. The molecule has 0 fully saturated rings. The number of hydrogen-bond donors (Lipinski definition) is 3. The van der Waals surface area contributed by atoms with Gasteiger partial charge < -0.3 is 20.5 Å². The van der Waals surface area contributed by atoms with E-state index in [4.69, 9.17) is 4.74 Å². The van der Waals surface area contributed by atoms with E-state index < -0.39 is 23.9 Å². The third-order valence-electron chi connectivity index (χ3n) is 5.96. The first-order valence-corrected chi connectivity index (χ1v) is 12.6. The van der Waals surface area contributed by atoms with Gasteiger partial charge in [0.2, 0.25) is 11.8 Å². The molecule has 0 aliphatic heterocycles. The summed E-state index contributed by atoms with van der Waals surface area (Å²) in [4.78, 5) is 38.5. The Morgan fingerprint density at radius 3 is 2.11 bits per heavy atom. The third kappa shape index (κ3) is 10.4. The maximum Gasteiger partial charge on any atom is 0.309 e. The Balaban J connectivity index is 2.11. The van der Waals surface area contributed by atoms with Crippen LogP contribution in [0.4, 0.5) is 0 Å². The van der Waals surface area contributed by atoms with Crippen molar-refractivity contribution in [3.05, 3.63) is 97.1 Å². The lowest BCUT2D eigenvalue weighted by Gasteiger charge is -2.24. The fourth-order valence-corrected chi connectivity index (χ4v) is 3.93. The van der Waals surface area contributed by atoms with Gasteiger partial charge in [-0.3, -0.25) is 14.4 Å². The molecule has 0 bridgehead atoms. The fraction of sp³-hybridized carbons (Fsp3) is 0.367. The summed E-state index contributed by atoms with van der Waals surface area (Å²) in [5.41, 5.74) is 1.81. The van der Waals surface area contributed by atoms with Gasteiger partial charge in [-0.15, -0.1) is 13.2 Å². The Labute approximate surface area is 219 Å². The number of allylic oxidation sites excluding steroid dienone is 2. The van der Waals surface area contributed by atoms with Gasteiger partial charge in [-0.2, -0.15) is 0 Å². The topological polar surface area (TPSA) is 105 Å². The molecule has 0 saturated carbocycles. The lowest BCUT2D eigenvalue weighted by molar-refractivity contribution is -0.150. The maximum absolute atomic E-state index is 13.2. The average molecular weight is 507 g/mol. The number of carbonyl (C=O) groups is 3. The molecule has 7 nitrogen and oxygen atoms in total. The first-order valence-electron chi connectivity index (χ1n) is 12.6. The molecule has 198 valence electrons. The van der Waals surface area contributed by atoms with Gasteiger partial charge in [0.05, 0.1) is 24.5 Å². The number of amides is 2. The van der Waals surface area contributed by atoms with E-state index >= 15 is 0 Å². The molecule has 0 aromatic heterocycles. The van der Waals surface area contributed by atoms with Crippen LogP contribution in [0.2, 0.25) is 0 Å². The zero-order valence-corrected chi connectivity index (χ0v) is 21.5. The van der Waals surface area contributed by atoms with E-state index in [2.05, 4.69) is 23.8 Å². The lowest BCUT2D eigenvalue weighted by Crippen LogP contribution is -2.41. The molecular formula is C30H38N2O5. The summed E-state index contributed by atoms with van der Waals surface area (Å²) in [5, 5.41) is 14.8. The van der Waals surface area contributed by atoms with Gasteiger partial charge in [0, 0.05) is 12.5 Å². The molecule has 4 atom stereocenters. The van der Waals surface area contributed by atoms with Gasteiger partial charge in [-0.05, 0) is 37.3 Å². The second kappa shape index (κ2) is 16.1. The summed E-state index contributed by atoms with van der Waals surface area (Å²) < 4.78 is 5.71. The van der Waals surface area contributed by atoms with Crippen molar-refractivity contribution in [2.24, 2.45) is 11.8 Å². The molecule has 0 radical (unpaired) electrons. The van der Waals surface area contributed by atoms with Crippen molar-refractivity contribution in [2.45, 2.75) is 44.7 Å². The van der Waals surface area contributed by atoms with Crippen molar-refractivity contribution >= 4 is 17.8 Å². The maximum atomic E-state index is 13.2. The summed E-state index contributed by atoms with van der Waals surface area (Å²) in [6.07, 6.45) is 4.53. The molecule has 0 aliphatic rings. The summed E-state index contributed by atoms with van der Waals surface area (Å²) in [7, 11) is 0. The minimum Gasteiger partial charge on any atom is -0.463 e. The van der Waals surface area contributed by atoms with Crippen LogP contribution in [0.15, 0.2) is 86.0 Å². The predicted octanol–water partition coefficient (Wildman–Crippen LogP) is 3.90. The number of esters is 1. The van der Waals surface area contributed by atoms with Gasteiger partial charge >= 0.3 is 5.97 Å². The van der Waals surface area contributed by atoms with Crippen molar-refractivity contribution in [2.75, 3.05) is 13.2 Å². The largest absolute Gasteiger partial charge is 0.463 e. The van der Waals surface area contributed by atoms with Crippen LogP contribution >= 0.6 is 0 Å². The molecule has 2 aromatic rings. The quantitative estimate of drug-likeness (QED) is 0.237. The monoisotopic (exact) mass is 506 g/mol. The van der Waals surface area contributed by atoms with Crippen LogP contribution in [0.3, 0.4) is 0 Å². The first kappa shape index (κ1) is 29.5. The summed E-state index contributed by atoms with van der Waals surface area (Å²) >= 11 is 0. The molecule has 7 heteroatoms. The van der Waals surface area contributed by atoms with E-state index in [0.29, 0.717) is 19.3 Å². The number of rotatable bonds is 16. The predicted molar refractivity (Wildman–Crippen MR) is 144 cm³/mol. The Morgan fingerprint density at radius 2 is 1.51 bits per heavy atom. The molecule has 0 unspecified atom stereocenters. The Kier molecular flexibility index (Phi) is 12.9. The fourth-order valence-electron chi connectivity index (χ4n) is 3.93. The Bertz CT molecular complexity index is 1010. The standard InChI is InChI=1S/C30H38N2O5/c1-4-12-25(19-28(34)31-22(3)20-33)29(35)32-27(24-16-10-7-11-17-24)21-37-30(36)26(13-5-2)18-23-14-8-6-9-15-23/h4-11,14-17,22,25-27,33H,1-2,12-13,18-21H2,3H3,(H,31,34)(H,32,35)/t22-,25+,26-,27+/m0/s1. The van der Waals surface area contributed by atoms with Crippen molar-refractivity contribution < 1.29 is 24.2 Å². The van der Waals surface area contributed by atoms with Crippen LogP contribution in [-0.2, 0) is 25.5 Å². The van der Waals surface area contributed by atoms with Crippen molar-refractivity contribution in [3.8, 4) is 0 Å². The van der Waals surface area contributed by atoms with Crippen LogP contribution < -0.4 is 10.6 Å². The highest BCUT2D eigenvalue weighted by molar-refractivity contribution is 5.86. The molecule has 0 heterocycles. The van der Waals surface area contributed by atoms with Crippen molar-refractivity contribution in [1.82, 2.24) is 10.6 Å². The zero-order valence-electron chi connectivity index (χ0n) is 21.5. The normalized spacial score (nSPS) is 13.9. The number of aliphatic hydroxyl groups is 1. The van der Waals surface area contributed by atoms with Crippen LogP contribution in [0.5, 0.6) is 0 Å². The highest BCUT2D eigenvalue weighted by Crippen LogP contribution is 2.20. The minimum absolute atomic E-state index is 0.0500. The van der Waals surface area contributed by atoms with E-state index in [9.17, 15) is 19.5 Å². The van der Waals surface area contributed by atoms with Crippen LogP contribution in [0.25, 0.3) is 0 Å². The number of ether oxygens (including phenoxy) is 1. The molecular weight excluding hydrogens is 468 g/mol. The van der Waals surface area contributed by atoms with E-state index in [1.165, 1.54) is 0 Å². The lowest BCUT2D eigenvalue weighted by atomic mass is 9.96. The number of benzene rings is 2. The van der Waals surface area contributed by atoms with Crippen LogP contribution in [0, 0.1) is 11.8 Å². The third-order valence-corrected chi connectivity index (χ3v) is 5.96. The number of nitrogens with one attached hydrogen (secondary N) is 2. The molecule has 2 aromatic carbocycles. The molecule has 2 amide bonds. The molecule has 3 N–H and O–H groups in total. The molecule has 0 spiro atoms. The van der Waals surface area contributed by atoms with Gasteiger partial charge in [-0.1, -0.05) is 72.8 Å². The van der Waals surface area contributed by atoms with Gasteiger partial charge in [0.25, 0.3) is 0 Å². The SMILES string of the molecule is C=CC[C@H](CC(=O)N[C@@H](C)CO)C(=O)N[C@H](COC(=O)[C@@H](CC=C)Cc1ccccc1)c1ccccc1. The minimum atomic E-state index is -0.656. The second-order valence-corrected chi connectivity index (χ2v) is 9.09. The van der Waals surface area contributed by atoms with E-state index in [1.807, 2.05) is 60.7 Å². The van der Waals surface area contributed by atoms with Crippen LogP contribution in [0.1, 0.15) is 43.4 Å². The van der Waals surface area contributed by atoms with E-state index in [-0.39, 0.29) is 37.4 Å². The van der Waals surface area contributed by atoms with E-state index in [1.54, 1.807) is 19.1 Å². The van der Waals surface area contributed by atoms with Gasteiger partial charge in [-0.25, -0.2) is 0 Å². The number of carbonyl (C=O) groups excluding carboxylic acids is 3. The van der Waals surface area contributed by atoms with Crippen LogP contribution in [-0.4, -0.2) is 42.1 Å². The van der Waals surface area contributed by atoms with Gasteiger partial charge in [0.15, 0.2) is 0 Å². The molecule has 37 heavy (non-hydrogen) atoms. The van der Waals surface area contributed by atoms with Gasteiger partial charge in [0.1, 0.15) is 6.61 Å². The number of aliphatic hydroxyl groups excluding tert-OH is 1. The average Bonchev–Trinajstić information content (AvgIpc) is 2.91. The Morgan fingerprint density at radius 1 is 0.919 bits per heavy atom. The zero-order chi connectivity index (χ0) is 27.0. The Hall–Kier alpha value is -3.71. The highest BCUT2D eigenvalue weighted by atomic mass is 16.5. The van der Waals surface area contributed by atoms with Crippen molar-refractivity contribution in [1.29, 1.82) is 0 Å². The van der Waals surface area contributed by atoms with Crippen molar-refractivity contribution in [3.63, 3.8) is 0 Å². The molecule has 0 aliphatic carbocycles. The molecule has 2 rings (SSSR count). The smallest absolute Gasteiger partial charge is 0.309 e. The second-order valence-electron chi connectivity index (χ2n) is 9.09. The summed E-state index contributed by atoms with van der Waals surface area (Å²) in [6.45, 7) is 8.91.